The third kappa shape index (κ3) is 5.03. The average molecular weight is 456 g/mol. The minimum absolute atomic E-state index is 0.136. The molecule has 1 fully saturated rings. The largest absolute Gasteiger partial charge is 0.469 e. The van der Waals surface area contributed by atoms with Crippen LogP contribution in [0, 0.1) is 11.8 Å². The van der Waals surface area contributed by atoms with E-state index < -0.39 is 18.5 Å². The van der Waals surface area contributed by atoms with Crippen LogP contribution in [-0.2, 0) is 0 Å². The second kappa shape index (κ2) is 10.9. The summed E-state index contributed by atoms with van der Waals surface area (Å²) in [6, 6.07) is 13.8. The third-order valence-electron chi connectivity index (χ3n) is 7.35. The number of aliphatic hydroxyl groups is 1. The van der Waals surface area contributed by atoms with Crippen molar-refractivity contribution in [2.45, 2.75) is 63.7 Å². The second-order valence-corrected chi connectivity index (χ2v) is 9.52. The molecular weight excluding hydrogens is 417 g/mol. The van der Waals surface area contributed by atoms with E-state index in [1.54, 1.807) is 0 Å². The monoisotopic (exact) mass is 455 g/mol. The highest BCUT2D eigenvalue weighted by molar-refractivity contribution is 6.10. The van der Waals surface area contributed by atoms with Gasteiger partial charge in [0.1, 0.15) is 18.5 Å². The molecule has 1 aliphatic heterocycles. The molecule has 1 aliphatic rings. The number of aliphatic hydroxyl groups excluding tert-OH is 1. The Kier molecular flexibility index (Phi) is 7.89. The summed E-state index contributed by atoms with van der Waals surface area (Å²) in [5.74, 6) is 0.733. The minimum atomic E-state index is -1.50. The lowest BCUT2D eigenvalue weighted by molar-refractivity contribution is -0.117. The number of piperidine rings is 1. The van der Waals surface area contributed by atoms with E-state index in [0.717, 1.165) is 79.8 Å². The molecule has 2 unspecified atom stereocenters. The zero-order valence-electron chi connectivity index (χ0n) is 19.7. The van der Waals surface area contributed by atoms with E-state index in [0.29, 0.717) is 5.75 Å². The molecule has 0 saturated carbocycles. The van der Waals surface area contributed by atoms with E-state index in [1.165, 1.54) is 0 Å². The van der Waals surface area contributed by atoms with Crippen LogP contribution in [0.1, 0.15) is 51.9 Å². The maximum atomic E-state index is 14.0. The number of benzene rings is 2. The van der Waals surface area contributed by atoms with Gasteiger partial charge in [-0.2, -0.15) is 0 Å². The van der Waals surface area contributed by atoms with Gasteiger partial charge in [0.25, 0.3) is 0 Å². The van der Waals surface area contributed by atoms with Gasteiger partial charge in [-0.1, -0.05) is 56.9 Å². The fourth-order valence-electron chi connectivity index (χ4n) is 5.52. The van der Waals surface area contributed by atoms with Gasteiger partial charge >= 0.3 is 0 Å². The highest BCUT2D eigenvalue weighted by Gasteiger charge is 2.47. The van der Waals surface area contributed by atoms with Crippen molar-refractivity contribution in [1.29, 1.82) is 0 Å². The van der Waals surface area contributed by atoms with E-state index in [4.69, 9.17) is 10.5 Å². The first-order valence-corrected chi connectivity index (χ1v) is 12.5. The van der Waals surface area contributed by atoms with E-state index in [2.05, 4.69) is 17.2 Å². The zero-order chi connectivity index (χ0) is 23.3. The number of H-pyrrole nitrogens is 1. The first-order valence-electron chi connectivity index (χ1n) is 12.5. The molecule has 0 aliphatic carbocycles. The third-order valence-corrected chi connectivity index (χ3v) is 7.35. The highest BCUT2D eigenvalue weighted by Crippen LogP contribution is 2.41. The van der Waals surface area contributed by atoms with Crippen LogP contribution in [0.3, 0.4) is 0 Å². The highest BCUT2D eigenvalue weighted by atomic mass is 19.1. The Morgan fingerprint density at radius 2 is 1.85 bits per heavy atom. The molecule has 3 atom stereocenters. The van der Waals surface area contributed by atoms with Gasteiger partial charge in [0.2, 0.25) is 0 Å². The molecule has 0 spiro atoms. The lowest BCUT2D eigenvalue weighted by Crippen LogP contribution is -2.64. The smallest absolute Gasteiger partial charge is 0.190 e. The van der Waals surface area contributed by atoms with Crippen LogP contribution >= 0.6 is 0 Å². The predicted molar refractivity (Wildman–Crippen MR) is 133 cm³/mol. The summed E-state index contributed by atoms with van der Waals surface area (Å²) in [6.07, 6.45) is 5.76. The molecule has 5 nitrogen and oxygen atoms in total. The van der Waals surface area contributed by atoms with Crippen molar-refractivity contribution in [3.63, 3.8) is 0 Å². The SMILES string of the molecule is CCCCCCC(C1CCNCC1)C(N)(Oc1cccc2[nH]c3ccccc3c12)[C@H](O)CF. The van der Waals surface area contributed by atoms with Crippen molar-refractivity contribution in [1.82, 2.24) is 10.3 Å². The molecule has 4 rings (SSSR count). The number of aromatic amines is 1. The fraction of sp³-hybridized carbons (Fsp3) is 0.556. The standard InChI is InChI=1S/C27H38FN3O2/c1-2-3-4-5-10-21(19-14-16-30-17-15-19)27(29,25(32)18-28)33-24-13-8-12-23-26(24)20-9-6-7-11-22(20)31-23/h6-9,11-13,19,21,25,30-32H,2-5,10,14-18,29H2,1H3/t21?,25-,27?/m1/s1. The lowest BCUT2D eigenvalue weighted by Gasteiger charge is -2.45. The number of hydrogen-bond acceptors (Lipinski definition) is 4. The maximum absolute atomic E-state index is 14.0. The number of nitrogens with one attached hydrogen (secondary N) is 2. The number of para-hydroxylation sites is 1. The second-order valence-electron chi connectivity index (χ2n) is 9.52. The summed E-state index contributed by atoms with van der Waals surface area (Å²) in [7, 11) is 0. The molecule has 1 saturated heterocycles. The van der Waals surface area contributed by atoms with Crippen LogP contribution in [0.25, 0.3) is 21.8 Å². The molecule has 180 valence electrons. The Balaban J connectivity index is 1.73. The van der Waals surface area contributed by atoms with Gasteiger partial charge in [0.05, 0.1) is 5.52 Å². The van der Waals surface area contributed by atoms with Gasteiger partial charge in [-0.25, -0.2) is 4.39 Å². The summed E-state index contributed by atoms with van der Waals surface area (Å²) in [6.45, 7) is 3.08. The molecule has 33 heavy (non-hydrogen) atoms. The van der Waals surface area contributed by atoms with Gasteiger partial charge in [0.15, 0.2) is 5.72 Å². The Bertz CT molecular complexity index is 1030. The first-order chi connectivity index (χ1) is 16.1. The Hall–Kier alpha value is -2.15. The van der Waals surface area contributed by atoms with Crippen LogP contribution in [-0.4, -0.2) is 41.7 Å². The molecule has 0 bridgehead atoms. The summed E-state index contributed by atoms with van der Waals surface area (Å²) >= 11 is 0. The molecule has 2 heterocycles. The Labute approximate surface area is 195 Å². The summed E-state index contributed by atoms with van der Waals surface area (Å²) < 4.78 is 20.6. The molecule has 5 N–H and O–H groups in total. The summed E-state index contributed by atoms with van der Waals surface area (Å²) in [5, 5.41) is 16.3. The number of unbranched alkanes of at least 4 members (excludes halogenated alkanes) is 3. The number of nitrogens with two attached hydrogens (primary N) is 1. The molecular formula is C27H38FN3O2. The number of alkyl halides is 1. The molecule has 2 aromatic carbocycles. The van der Waals surface area contributed by atoms with Crippen LogP contribution < -0.4 is 15.8 Å². The van der Waals surface area contributed by atoms with Crippen molar-refractivity contribution in [2.24, 2.45) is 17.6 Å². The van der Waals surface area contributed by atoms with E-state index in [9.17, 15) is 9.50 Å². The van der Waals surface area contributed by atoms with Crippen molar-refractivity contribution in [2.75, 3.05) is 19.8 Å². The maximum Gasteiger partial charge on any atom is 0.190 e. The van der Waals surface area contributed by atoms with Crippen LogP contribution in [0.15, 0.2) is 42.5 Å². The Morgan fingerprint density at radius 1 is 1.09 bits per heavy atom. The van der Waals surface area contributed by atoms with Gasteiger partial charge in [-0.05, 0) is 56.5 Å². The fourth-order valence-corrected chi connectivity index (χ4v) is 5.52. The first kappa shape index (κ1) is 24.0. The van der Waals surface area contributed by atoms with E-state index >= 15 is 0 Å². The van der Waals surface area contributed by atoms with E-state index in [-0.39, 0.29) is 11.8 Å². The topological polar surface area (TPSA) is 83.3 Å². The van der Waals surface area contributed by atoms with Crippen LogP contribution in [0.5, 0.6) is 5.75 Å². The van der Waals surface area contributed by atoms with Gasteiger partial charge in [-0.3, -0.25) is 5.73 Å². The van der Waals surface area contributed by atoms with Crippen molar-refractivity contribution in [3.8, 4) is 5.75 Å². The lowest BCUT2D eigenvalue weighted by atomic mass is 9.73. The van der Waals surface area contributed by atoms with Gasteiger partial charge < -0.3 is 20.1 Å². The summed E-state index contributed by atoms with van der Waals surface area (Å²) in [4.78, 5) is 3.42. The molecule has 6 heteroatoms. The summed E-state index contributed by atoms with van der Waals surface area (Å²) in [5.41, 5.74) is 7.37. The number of rotatable bonds is 11. The van der Waals surface area contributed by atoms with Crippen molar-refractivity contribution >= 4 is 21.8 Å². The van der Waals surface area contributed by atoms with Gasteiger partial charge in [-0.15, -0.1) is 0 Å². The molecule has 0 amide bonds. The molecule has 0 radical (unpaired) electrons. The van der Waals surface area contributed by atoms with Crippen LogP contribution in [0.4, 0.5) is 4.39 Å². The zero-order valence-corrected chi connectivity index (χ0v) is 19.7. The predicted octanol–water partition coefficient (Wildman–Crippen LogP) is 5.27. The number of aromatic nitrogens is 1. The number of fused-ring (bicyclic) bond motifs is 3. The quantitative estimate of drug-likeness (QED) is 0.234. The Morgan fingerprint density at radius 3 is 2.61 bits per heavy atom. The number of halogens is 1. The minimum Gasteiger partial charge on any atom is -0.469 e. The number of ether oxygens (including phenoxy) is 1. The van der Waals surface area contributed by atoms with Gasteiger partial charge in [0, 0.05) is 22.2 Å². The van der Waals surface area contributed by atoms with E-state index in [1.807, 2.05) is 42.5 Å². The normalized spacial score (nSPS) is 18.9. The molecule has 1 aromatic heterocycles. The average Bonchev–Trinajstić information content (AvgIpc) is 3.23. The molecule has 3 aromatic rings. The van der Waals surface area contributed by atoms with Crippen molar-refractivity contribution < 1.29 is 14.2 Å². The number of hydrogen-bond donors (Lipinski definition) is 4. The van der Waals surface area contributed by atoms with Crippen molar-refractivity contribution in [3.05, 3.63) is 42.5 Å². The van der Waals surface area contributed by atoms with Crippen LogP contribution in [0.2, 0.25) is 0 Å².